The summed E-state index contributed by atoms with van der Waals surface area (Å²) in [6.07, 6.45) is 1.75. The van der Waals surface area contributed by atoms with Crippen LogP contribution in [-0.4, -0.2) is 15.0 Å². The van der Waals surface area contributed by atoms with E-state index >= 15 is 0 Å². The molecule has 2 rings (SSSR count). The van der Waals surface area contributed by atoms with Crippen LogP contribution < -0.4 is 0 Å². The van der Waals surface area contributed by atoms with Gasteiger partial charge in [-0.1, -0.05) is 11.6 Å². The molecule has 3 nitrogen and oxygen atoms in total. The number of aromatic nitrogens is 3. The highest BCUT2D eigenvalue weighted by Crippen LogP contribution is 2.25. The Morgan fingerprint density at radius 2 is 1.75 bits per heavy atom. The van der Waals surface area contributed by atoms with Gasteiger partial charge in [-0.15, -0.1) is 0 Å². The van der Waals surface area contributed by atoms with Crippen LogP contribution >= 0.6 is 11.6 Å². The lowest BCUT2D eigenvalue weighted by Crippen LogP contribution is -1.96. The van der Waals surface area contributed by atoms with Crippen LogP contribution in [0.25, 0.3) is 11.3 Å². The Kier molecular flexibility index (Phi) is 2.88. The van der Waals surface area contributed by atoms with Crippen molar-refractivity contribution in [3.8, 4) is 11.3 Å². The van der Waals surface area contributed by atoms with Crippen LogP contribution in [0.5, 0.6) is 0 Å². The predicted octanol–water partition coefficient (Wildman–Crippen LogP) is 3.12. The molecule has 0 unspecified atom stereocenters. The van der Waals surface area contributed by atoms with E-state index in [1.54, 1.807) is 6.20 Å². The average Bonchev–Trinajstić information content (AvgIpc) is 2.23. The maximum absolute atomic E-state index is 6.09. The van der Waals surface area contributed by atoms with E-state index in [9.17, 15) is 0 Å². The van der Waals surface area contributed by atoms with Gasteiger partial charge in [-0.2, -0.15) is 0 Å². The first-order chi connectivity index (χ1) is 7.58. The molecule has 0 aliphatic rings. The van der Waals surface area contributed by atoms with Crippen molar-refractivity contribution < 1.29 is 0 Å². The van der Waals surface area contributed by atoms with Gasteiger partial charge in [0, 0.05) is 17.5 Å². The summed E-state index contributed by atoms with van der Waals surface area (Å²) in [7, 11) is 0. The van der Waals surface area contributed by atoms with Gasteiger partial charge >= 0.3 is 0 Å². The minimum absolute atomic E-state index is 0.439. The molecule has 82 valence electrons. The highest BCUT2D eigenvalue weighted by atomic mass is 35.5. The van der Waals surface area contributed by atoms with Crippen LogP contribution in [0.1, 0.15) is 17.1 Å². The van der Waals surface area contributed by atoms with E-state index in [-0.39, 0.29) is 0 Å². The Morgan fingerprint density at radius 3 is 2.44 bits per heavy atom. The van der Waals surface area contributed by atoms with E-state index in [4.69, 9.17) is 11.6 Å². The summed E-state index contributed by atoms with van der Waals surface area (Å²) < 4.78 is 0. The smallest absolute Gasteiger partial charge is 0.155 e. The summed E-state index contributed by atoms with van der Waals surface area (Å²) in [6, 6.07) is 3.84. The fraction of sp³-hybridized carbons (Fsp3) is 0.250. The lowest BCUT2D eigenvalue weighted by Gasteiger charge is -2.06. The zero-order valence-corrected chi connectivity index (χ0v) is 10.2. The summed E-state index contributed by atoms with van der Waals surface area (Å²) in [5.41, 5.74) is 4.37. The molecule has 16 heavy (non-hydrogen) atoms. The second kappa shape index (κ2) is 4.18. The number of hydrogen-bond donors (Lipinski definition) is 0. The molecule has 0 aliphatic heterocycles. The van der Waals surface area contributed by atoms with Crippen molar-refractivity contribution in [3.63, 3.8) is 0 Å². The van der Waals surface area contributed by atoms with Crippen LogP contribution in [-0.2, 0) is 0 Å². The summed E-state index contributed by atoms with van der Waals surface area (Å²) in [6.45, 7) is 5.76. The van der Waals surface area contributed by atoms with E-state index in [0.717, 1.165) is 28.3 Å². The molecule has 2 aromatic heterocycles. The molecular weight excluding hydrogens is 222 g/mol. The molecule has 0 aromatic carbocycles. The molecule has 2 aromatic rings. The molecule has 0 saturated carbocycles. The number of nitrogens with zero attached hydrogens (tertiary/aromatic N) is 3. The normalized spacial score (nSPS) is 10.5. The lowest BCUT2D eigenvalue weighted by molar-refractivity contribution is 1.05. The van der Waals surface area contributed by atoms with Crippen LogP contribution in [0.3, 0.4) is 0 Å². The summed E-state index contributed by atoms with van der Waals surface area (Å²) in [5.74, 6) is 0. The highest BCUT2D eigenvalue weighted by Gasteiger charge is 2.09. The highest BCUT2D eigenvalue weighted by molar-refractivity contribution is 6.31. The zero-order chi connectivity index (χ0) is 11.7. The molecule has 0 fully saturated rings. The van der Waals surface area contributed by atoms with Crippen LogP contribution in [0.15, 0.2) is 18.3 Å². The molecule has 0 radical (unpaired) electrons. The van der Waals surface area contributed by atoms with E-state index < -0.39 is 0 Å². The van der Waals surface area contributed by atoms with Gasteiger partial charge in [-0.05, 0) is 32.9 Å². The number of pyridine rings is 1. The first-order valence-corrected chi connectivity index (χ1v) is 5.39. The fourth-order valence-corrected chi connectivity index (χ4v) is 1.73. The Labute approximate surface area is 99.5 Å². The number of halogens is 1. The SMILES string of the molecule is Cc1cc(-c2nc(C)c(C)nc2Cl)ccn1. The van der Waals surface area contributed by atoms with Gasteiger partial charge in [0.1, 0.15) is 5.69 Å². The number of rotatable bonds is 1. The molecule has 0 amide bonds. The first-order valence-electron chi connectivity index (χ1n) is 5.01. The van der Waals surface area contributed by atoms with Crippen LogP contribution in [0.2, 0.25) is 5.15 Å². The van der Waals surface area contributed by atoms with Crippen molar-refractivity contribution in [2.24, 2.45) is 0 Å². The van der Waals surface area contributed by atoms with Crippen molar-refractivity contribution in [2.75, 3.05) is 0 Å². The zero-order valence-electron chi connectivity index (χ0n) is 9.45. The van der Waals surface area contributed by atoms with Crippen molar-refractivity contribution >= 4 is 11.6 Å². The maximum Gasteiger partial charge on any atom is 0.155 e. The second-order valence-corrected chi connectivity index (χ2v) is 4.08. The Morgan fingerprint density at radius 1 is 1.06 bits per heavy atom. The van der Waals surface area contributed by atoms with Gasteiger partial charge in [-0.25, -0.2) is 9.97 Å². The van der Waals surface area contributed by atoms with Gasteiger partial charge < -0.3 is 0 Å². The Hall–Kier alpha value is -1.48. The molecule has 4 heteroatoms. The van der Waals surface area contributed by atoms with E-state index in [2.05, 4.69) is 15.0 Å². The summed E-state index contributed by atoms with van der Waals surface area (Å²) in [4.78, 5) is 12.9. The van der Waals surface area contributed by atoms with Crippen LogP contribution in [0, 0.1) is 20.8 Å². The van der Waals surface area contributed by atoms with E-state index in [0.29, 0.717) is 5.15 Å². The standard InChI is InChI=1S/C12H12ClN3/c1-7-6-10(4-5-14-7)11-12(13)16-9(3)8(2)15-11/h4-6H,1-3H3. The third-order valence-electron chi connectivity index (χ3n) is 2.43. The van der Waals surface area contributed by atoms with E-state index in [1.165, 1.54) is 0 Å². The van der Waals surface area contributed by atoms with E-state index in [1.807, 2.05) is 32.9 Å². The summed E-state index contributed by atoms with van der Waals surface area (Å²) >= 11 is 6.09. The van der Waals surface area contributed by atoms with Crippen molar-refractivity contribution in [2.45, 2.75) is 20.8 Å². The van der Waals surface area contributed by atoms with Gasteiger partial charge in [-0.3, -0.25) is 4.98 Å². The molecule has 0 saturated heterocycles. The lowest BCUT2D eigenvalue weighted by atomic mass is 10.1. The van der Waals surface area contributed by atoms with Gasteiger partial charge in [0.25, 0.3) is 0 Å². The maximum atomic E-state index is 6.09. The number of hydrogen-bond acceptors (Lipinski definition) is 3. The minimum atomic E-state index is 0.439. The van der Waals surface area contributed by atoms with Gasteiger partial charge in [0.15, 0.2) is 5.15 Å². The topological polar surface area (TPSA) is 38.7 Å². The van der Waals surface area contributed by atoms with Crippen molar-refractivity contribution in [3.05, 3.63) is 40.6 Å². The van der Waals surface area contributed by atoms with Gasteiger partial charge in [0.2, 0.25) is 0 Å². The molecular formula is C12H12ClN3. The van der Waals surface area contributed by atoms with Crippen molar-refractivity contribution in [1.29, 1.82) is 0 Å². The fourth-order valence-electron chi connectivity index (χ4n) is 1.45. The largest absolute Gasteiger partial charge is 0.262 e. The monoisotopic (exact) mass is 233 g/mol. The molecule has 0 N–H and O–H groups in total. The van der Waals surface area contributed by atoms with Crippen LogP contribution in [0.4, 0.5) is 0 Å². The molecule has 0 bridgehead atoms. The van der Waals surface area contributed by atoms with Gasteiger partial charge in [0.05, 0.1) is 11.4 Å². The van der Waals surface area contributed by atoms with Crippen molar-refractivity contribution in [1.82, 2.24) is 15.0 Å². The first kappa shape index (κ1) is 11.0. The second-order valence-electron chi connectivity index (χ2n) is 3.72. The summed E-state index contributed by atoms with van der Waals surface area (Å²) in [5, 5.41) is 0.439. The molecule has 0 atom stereocenters. The third kappa shape index (κ3) is 2.04. The average molecular weight is 234 g/mol. The molecule has 0 spiro atoms. The quantitative estimate of drug-likeness (QED) is 0.760. The predicted molar refractivity (Wildman–Crippen MR) is 64.5 cm³/mol. The Bertz CT molecular complexity index is 538. The Balaban J connectivity index is 2.60. The minimum Gasteiger partial charge on any atom is -0.262 e. The number of aryl methyl sites for hydroxylation is 3. The third-order valence-corrected chi connectivity index (χ3v) is 2.70. The molecule has 2 heterocycles. The molecule has 0 aliphatic carbocycles.